The maximum atomic E-state index is 13.9. The van der Waals surface area contributed by atoms with Crippen LogP contribution in [0.1, 0.15) is 0 Å². The summed E-state index contributed by atoms with van der Waals surface area (Å²) in [6, 6.07) is 8.40. The molecule has 1 aromatic carbocycles. The summed E-state index contributed by atoms with van der Waals surface area (Å²) in [4.78, 5) is 0. The summed E-state index contributed by atoms with van der Waals surface area (Å²) in [5, 5.41) is 5.69. The standard InChI is InChI=1S/C13H8FIN2OS/c14-9-4-2-1-3-8(9)11-12(18-17-13(11)16)7-5-10(15)19-6-7/h1-6H,(H2,16,17). The van der Waals surface area contributed by atoms with Gasteiger partial charge in [0.2, 0.25) is 0 Å². The summed E-state index contributed by atoms with van der Waals surface area (Å²) < 4.78 is 20.3. The van der Waals surface area contributed by atoms with E-state index in [-0.39, 0.29) is 11.6 Å². The van der Waals surface area contributed by atoms with Gasteiger partial charge in [0.25, 0.3) is 0 Å². The van der Waals surface area contributed by atoms with Crippen molar-refractivity contribution in [1.29, 1.82) is 0 Å². The Bertz CT molecular complexity index is 738. The summed E-state index contributed by atoms with van der Waals surface area (Å²) in [6.45, 7) is 0. The molecule has 96 valence electrons. The van der Waals surface area contributed by atoms with E-state index in [9.17, 15) is 4.39 Å². The lowest BCUT2D eigenvalue weighted by atomic mass is 10.0. The van der Waals surface area contributed by atoms with Gasteiger partial charge in [0.1, 0.15) is 5.82 Å². The van der Waals surface area contributed by atoms with Crippen LogP contribution >= 0.6 is 33.9 Å². The summed E-state index contributed by atoms with van der Waals surface area (Å²) >= 11 is 3.80. The van der Waals surface area contributed by atoms with Crippen LogP contribution in [0.2, 0.25) is 0 Å². The number of halogens is 2. The Hall–Kier alpha value is -1.41. The van der Waals surface area contributed by atoms with E-state index < -0.39 is 0 Å². The first-order valence-electron chi connectivity index (χ1n) is 5.41. The first kappa shape index (κ1) is 12.6. The molecule has 2 heterocycles. The van der Waals surface area contributed by atoms with Gasteiger partial charge in [-0.15, -0.1) is 11.3 Å². The molecule has 3 rings (SSSR count). The fourth-order valence-corrected chi connectivity index (χ4v) is 3.18. The third-order valence-corrected chi connectivity index (χ3v) is 4.48. The Labute approximate surface area is 126 Å². The van der Waals surface area contributed by atoms with Crippen LogP contribution in [0.3, 0.4) is 0 Å². The van der Waals surface area contributed by atoms with E-state index in [1.54, 1.807) is 29.5 Å². The third-order valence-electron chi connectivity index (χ3n) is 2.69. The van der Waals surface area contributed by atoms with Crippen molar-refractivity contribution >= 4 is 39.7 Å². The monoisotopic (exact) mass is 386 g/mol. The number of nitrogen functional groups attached to an aromatic ring is 1. The Balaban J connectivity index is 2.22. The molecule has 6 heteroatoms. The molecule has 2 aromatic heterocycles. The number of anilines is 1. The molecule has 0 fully saturated rings. The van der Waals surface area contributed by atoms with Gasteiger partial charge in [-0.2, -0.15) is 0 Å². The lowest BCUT2D eigenvalue weighted by molar-refractivity contribution is 0.436. The molecule has 0 aliphatic heterocycles. The van der Waals surface area contributed by atoms with Crippen molar-refractivity contribution in [3.05, 3.63) is 44.4 Å². The molecule has 0 amide bonds. The number of hydrogen-bond acceptors (Lipinski definition) is 4. The van der Waals surface area contributed by atoms with Crippen LogP contribution < -0.4 is 5.73 Å². The molecule has 0 aliphatic rings. The van der Waals surface area contributed by atoms with Crippen LogP contribution in [0.4, 0.5) is 10.2 Å². The van der Waals surface area contributed by atoms with Gasteiger partial charge in [0.05, 0.1) is 8.45 Å². The molecular weight excluding hydrogens is 378 g/mol. The van der Waals surface area contributed by atoms with Crippen LogP contribution in [-0.2, 0) is 0 Å². The molecule has 0 spiro atoms. The van der Waals surface area contributed by atoms with Crippen molar-refractivity contribution in [2.75, 3.05) is 5.73 Å². The van der Waals surface area contributed by atoms with Gasteiger partial charge in [-0.25, -0.2) is 4.39 Å². The number of aromatic nitrogens is 1. The molecule has 0 unspecified atom stereocenters. The van der Waals surface area contributed by atoms with Gasteiger partial charge in [0, 0.05) is 16.5 Å². The molecule has 0 saturated carbocycles. The maximum Gasteiger partial charge on any atom is 0.177 e. The van der Waals surface area contributed by atoms with Crippen LogP contribution in [-0.4, -0.2) is 5.16 Å². The number of hydrogen-bond donors (Lipinski definition) is 1. The van der Waals surface area contributed by atoms with Crippen molar-refractivity contribution in [2.24, 2.45) is 0 Å². The number of nitrogens with zero attached hydrogens (tertiary/aromatic N) is 1. The average molecular weight is 386 g/mol. The highest BCUT2D eigenvalue weighted by Gasteiger charge is 2.20. The Morgan fingerprint density at radius 2 is 2.11 bits per heavy atom. The van der Waals surface area contributed by atoms with E-state index >= 15 is 0 Å². The van der Waals surface area contributed by atoms with E-state index in [1.165, 1.54) is 6.07 Å². The van der Waals surface area contributed by atoms with Crippen LogP contribution in [0.5, 0.6) is 0 Å². The molecule has 0 saturated heterocycles. The zero-order valence-corrected chi connectivity index (χ0v) is 12.5. The minimum atomic E-state index is -0.344. The second-order valence-electron chi connectivity index (χ2n) is 3.89. The van der Waals surface area contributed by atoms with E-state index in [1.807, 2.05) is 11.4 Å². The molecule has 0 radical (unpaired) electrons. The molecule has 3 aromatic rings. The zero-order valence-electron chi connectivity index (χ0n) is 9.56. The lowest BCUT2D eigenvalue weighted by Crippen LogP contribution is -1.91. The number of rotatable bonds is 2. The van der Waals surface area contributed by atoms with Gasteiger partial charge in [0.15, 0.2) is 11.6 Å². The Morgan fingerprint density at radius 1 is 1.32 bits per heavy atom. The molecule has 3 nitrogen and oxygen atoms in total. The second kappa shape index (κ2) is 4.93. The molecule has 0 aliphatic carbocycles. The first-order chi connectivity index (χ1) is 9.16. The van der Waals surface area contributed by atoms with Gasteiger partial charge < -0.3 is 10.3 Å². The molecule has 2 N–H and O–H groups in total. The van der Waals surface area contributed by atoms with Crippen LogP contribution in [0.15, 0.2) is 40.2 Å². The quantitative estimate of drug-likeness (QED) is 0.665. The van der Waals surface area contributed by atoms with Gasteiger partial charge >= 0.3 is 0 Å². The maximum absolute atomic E-state index is 13.9. The van der Waals surface area contributed by atoms with E-state index in [0.29, 0.717) is 16.9 Å². The zero-order chi connectivity index (χ0) is 13.4. The van der Waals surface area contributed by atoms with Gasteiger partial charge in [-0.05, 0) is 34.7 Å². The minimum absolute atomic E-state index is 0.196. The van der Waals surface area contributed by atoms with Crippen molar-refractivity contribution in [3.8, 4) is 22.5 Å². The summed E-state index contributed by atoms with van der Waals surface area (Å²) in [6.07, 6.45) is 0. The van der Waals surface area contributed by atoms with Crippen LogP contribution in [0.25, 0.3) is 22.5 Å². The van der Waals surface area contributed by atoms with Gasteiger partial charge in [-0.1, -0.05) is 23.4 Å². The topological polar surface area (TPSA) is 52.0 Å². The second-order valence-corrected chi connectivity index (χ2v) is 6.70. The highest BCUT2D eigenvalue weighted by molar-refractivity contribution is 14.1. The fourth-order valence-electron chi connectivity index (χ4n) is 1.85. The smallest absolute Gasteiger partial charge is 0.177 e. The van der Waals surface area contributed by atoms with Gasteiger partial charge in [-0.3, -0.25) is 0 Å². The highest BCUT2D eigenvalue weighted by atomic mass is 127. The summed E-state index contributed by atoms with van der Waals surface area (Å²) in [5.74, 6) is 0.353. The first-order valence-corrected chi connectivity index (χ1v) is 7.37. The number of thiophene rings is 1. The van der Waals surface area contributed by atoms with E-state index in [0.717, 1.165) is 8.45 Å². The summed E-state index contributed by atoms with van der Waals surface area (Å²) in [5.41, 5.74) is 7.58. The third kappa shape index (κ3) is 2.25. The van der Waals surface area contributed by atoms with Crippen molar-refractivity contribution < 1.29 is 8.91 Å². The SMILES string of the molecule is Nc1noc(-c2csc(I)c2)c1-c1ccccc1F. The highest BCUT2D eigenvalue weighted by Crippen LogP contribution is 2.39. The predicted octanol–water partition coefficient (Wildman–Crippen LogP) is 4.40. The predicted molar refractivity (Wildman–Crippen MR) is 82.3 cm³/mol. The molecule has 19 heavy (non-hydrogen) atoms. The van der Waals surface area contributed by atoms with E-state index in [2.05, 4.69) is 27.7 Å². The molecule has 0 atom stereocenters. The summed E-state index contributed by atoms with van der Waals surface area (Å²) in [7, 11) is 0. The Kier molecular flexibility index (Phi) is 3.28. The normalized spacial score (nSPS) is 10.8. The lowest BCUT2D eigenvalue weighted by Gasteiger charge is -2.02. The Morgan fingerprint density at radius 3 is 2.79 bits per heavy atom. The van der Waals surface area contributed by atoms with Crippen molar-refractivity contribution in [2.45, 2.75) is 0 Å². The largest absolute Gasteiger partial charge is 0.380 e. The van der Waals surface area contributed by atoms with Crippen LogP contribution in [0, 0.1) is 8.70 Å². The van der Waals surface area contributed by atoms with E-state index in [4.69, 9.17) is 10.3 Å². The van der Waals surface area contributed by atoms with Crippen molar-refractivity contribution in [3.63, 3.8) is 0 Å². The minimum Gasteiger partial charge on any atom is -0.380 e. The number of benzene rings is 1. The number of nitrogens with two attached hydrogens (primary N) is 1. The molecular formula is C13H8FIN2OS. The average Bonchev–Trinajstić information content (AvgIpc) is 2.96. The fraction of sp³-hybridized carbons (Fsp3) is 0. The van der Waals surface area contributed by atoms with Crippen molar-refractivity contribution in [1.82, 2.24) is 5.16 Å². The molecule has 0 bridgehead atoms.